The summed E-state index contributed by atoms with van der Waals surface area (Å²) in [5, 5.41) is 0.747. The quantitative estimate of drug-likeness (QED) is 0.590. The maximum absolute atomic E-state index is 12.3. The first-order valence-corrected chi connectivity index (χ1v) is 10.7. The molecule has 5 heteroatoms. The van der Waals surface area contributed by atoms with E-state index in [-0.39, 0.29) is 0 Å². The molecule has 1 amide bonds. The highest BCUT2D eigenvalue weighted by Gasteiger charge is 2.36. The maximum Gasteiger partial charge on any atom is 0.225 e. The van der Waals surface area contributed by atoms with Crippen LogP contribution in [0, 0.1) is 11.8 Å². The van der Waals surface area contributed by atoms with Gasteiger partial charge in [0.1, 0.15) is 5.82 Å². The van der Waals surface area contributed by atoms with Gasteiger partial charge in [0.05, 0.1) is 0 Å². The van der Waals surface area contributed by atoms with Gasteiger partial charge in [0, 0.05) is 48.5 Å². The van der Waals surface area contributed by atoms with Crippen LogP contribution in [0.3, 0.4) is 0 Å². The number of hydrogen-bond donors (Lipinski definition) is 0. The summed E-state index contributed by atoms with van der Waals surface area (Å²) in [5.41, 5.74) is 3.42. The lowest BCUT2D eigenvalue weighted by atomic mass is 10.0. The van der Waals surface area contributed by atoms with Crippen molar-refractivity contribution in [3.63, 3.8) is 0 Å². The highest BCUT2D eigenvalue weighted by Crippen LogP contribution is 2.33. The number of likely N-dealkylation sites (tertiary alicyclic amines) is 1. The Kier molecular flexibility index (Phi) is 4.88. The molecule has 1 saturated heterocycles. The number of carbonyl (C=O) groups excluding carboxylic acids is 1. The van der Waals surface area contributed by atoms with Crippen LogP contribution in [-0.4, -0.2) is 33.4 Å². The zero-order valence-electron chi connectivity index (χ0n) is 16.3. The van der Waals surface area contributed by atoms with Crippen molar-refractivity contribution in [2.75, 3.05) is 13.1 Å². The Labute approximate surface area is 176 Å². The molecular formula is C24H24ClN3O. The summed E-state index contributed by atoms with van der Waals surface area (Å²) in [5.74, 6) is 2.17. The van der Waals surface area contributed by atoms with Gasteiger partial charge in [-0.05, 0) is 48.4 Å². The number of carbonyl (C=O) groups is 1. The summed E-state index contributed by atoms with van der Waals surface area (Å²) >= 11 is 5.99. The van der Waals surface area contributed by atoms with E-state index < -0.39 is 0 Å². The van der Waals surface area contributed by atoms with Crippen LogP contribution in [0.15, 0.2) is 60.9 Å². The third-order valence-corrected chi connectivity index (χ3v) is 6.27. The van der Waals surface area contributed by atoms with Crippen molar-refractivity contribution < 1.29 is 4.79 Å². The van der Waals surface area contributed by atoms with E-state index in [4.69, 9.17) is 11.6 Å². The molecule has 1 aromatic heterocycles. The fraction of sp³-hybridized carbons (Fsp3) is 0.333. The molecule has 1 atom stereocenters. The summed E-state index contributed by atoms with van der Waals surface area (Å²) in [4.78, 5) is 19.0. The van der Waals surface area contributed by atoms with Crippen LogP contribution in [0.25, 0.3) is 22.5 Å². The third kappa shape index (κ3) is 3.95. The minimum atomic E-state index is 0.316. The van der Waals surface area contributed by atoms with Gasteiger partial charge >= 0.3 is 0 Å². The molecule has 3 aromatic rings. The topological polar surface area (TPSA) is 38.1 Å². The summed E-state index contributed by atoms with van der Waals surface area (Å²) in [6, 6.07) is 16.4. The van der Waals surface area contributed by atoms with Gasteiger partial charge < -0.3 is 9.47 Å². The van der Waals surface area contributed by atoms with Gasteiger partial charge in [-0.1, -0.05) is 48.0 Å². The second-order valence-corrected chi connectivity index (χ2v) is 8.64. The van der Waals surface area contributed by atoms with Gasteiger partial charge in [-0.15, -0.1) is 0 Å². The molecule has 0 N–H and O–H groups in total. The van der Waals surface area contributed by atoms with Gasteiger partial charge in [0.15, 0.2) is 0 Å². The van der Waals surface area contributed by atoms with Gasteiger partial charge in [0.2, 0.25) is 5.91 Å². The van der Waals surface area contributed by atoms with Crippen molar-refractivity contribution in [2.45, 2.75) is 25.8 Å². The lowest BCUT2D eigenvalue weighted by Crippen LogP contribution is -2.30. The first-order valence-electron chi connectivity index (χ1n) is 10.3. The zero-order chi connectivity index (χ0) is 19.8. The number of rotatable bonds is 5. The maximum atomic E-state index is 12.3. The summed E-state index contributed by atoms with van der Waals surface area (Å²) in [6.07, 6.45) is 7.15. The first kappa shape index (κ1) is 18.4. The van der Waals surface area contributed by atoms with Crippen LogP contribution in [0.5, 0.6) is 0 Å². The minimum Gasteiger partial charge on any atom is -0.342 e. The Bertz CT molecular complexity index is 1010. The van der Waals surface area contributed by atoms with Crippen molar-refractivity contribution in [3.05, 3.63) is 65.9 Å². The van der Waals surface area contributed by atoms with Crippen molar-refractivity contribution in [1.82, 2.24) is 14.5 Å². The molecule has 4 nitrogen and oxygen atoms in total. The fourth-order valence-electron chi connectivity index (χ4n) is 4.22. The van der Waals surface area contributed by atoms with E-state index in [1.54, 1.807) is 0 Å². The van der Waals surface area contributed by atoms with Crippen LogP contribution in [-0.2, 0) is 11.3 Å². The van der Waals surface area contributed by atoms with Gasteiger partial charge in [-0.3, -0.25) is 4.79 Å². The molecule has 5 rings (SSSR count). The lowest BCUT2D eigenvalue weighted by Gasteiger charge is -2.17. The van der Waals surface area contributed by atoms with Crippen LogP contribution >= 0.6 is 11.6 Å². The van der Waals surface area contributed by atoms with Crippen molar-refractivity contribution in [3.8, 4) is 22.5 Å². The average molecular weight is 406 g/mol. The van der Waals surface area contributed by atoms with E-state index in [0.29, 0.717) is 17.7 Å². The van der Waals surface area contributed by atoms with Crippen LogP contribution in [0.1, 0.15) is 19.3 Å². The monoisotopic (exact) mass is 405 g/mol. The zero-order valence-corrected chi connectivity index (χ0v) is 17.1. The number of aromatic nitrogens is 2. The molecule has 0 radical (unpaired) electrons. The highest BCUT2D eigenvalue weighted by molar-refractivity contribution is 6.30. The van der Waals surface area contributed by atoms with Gasteiger partial charge in [0.25, 0.3) is 0 Å². The molecule has 2 aromatic carbocycles. The summed E-state index contributed by atoms with van der Waals surface area (Å²) in [6.45, 7) is 2.69. The Hall–Kier alpha value is -2.59. The first-order chi connectivity index (χ1) is 14.2. The van der Waals surface area contributed by atoms with Crippen LogP contribution in [0.2, 0.25) is 5.02 Å². The molecule has 148 valence electrons. The molecule has 1 aliphatic heterocycles. The molecule has 2 fully saturated rings. The fourth-order valence-corrected chi connectivity index (χ4v) is 4.35. The Morgan fingerprint density at radius 2 is 1.62 bits per heavy atom. The summed E-state index contributed by atoms with van der Waals surface area (Å²) < 4.78 is 2.23. The van der Waals surface area contributed by atoms with Crippen molar-refractivity contribution in [2.24, 2.45) is 11.8 Å². The number of halogens is 1. The molecule has 2 heterocycles. The van der Waals surface area contributed by atoms with Gasteiger partial charge in [-0.25, -0.2) is 4.98 Å². The minimum absolute atomic E-state index is 0.316. The Balaban J connectivity index is 1.29. The molecule has 29 heavy (non-hydrogen) atoms. The third-order valence-electron chi connectivity index (χ3n) is 6.02. The average Bonchev–Trinajstić information content (AvgIpc) is 3.32. The number of amides is 1. The molecule has 1 unspecified atom stereocenters. The Morgan fingerprint density at radius 1 is 0.966 bits per heavy atom. The van der Waals surface area contributed by atoms with E-state index in [2.05, 4.69) is 38.7 Å². The predicted molar refractivity (Wildman–Crippen MR) is 116 cm³/mol. The molecule has 0 bridgehead atoms. The SMILES string of the molecule is O=C(C1CC1)N1CCC(Cn2ccnc2-c2ccc(-c3ccc(Cl)cc3)cc2)C1. The van der Waals surface area contributed by atoms with Crippen molar-refractivity contribution >= 4 is 17.5 Å². The van der Waals surface area contributed by atoms with E-state index in [1.807, 2.05) is 36.7 Å². The van der Waals surface area contributed by atoms with Crippen molar-refractivity contribution in [1.29, 1.82) is 0 Å². The molecule has 1 saturated carbocycles. The molecular weight excluding hydrogens is 382 g/mol. The highest BCUT2D eigenvalue weighted by atomic mass is 35.5. The number of nitrogens with zero attached hydrogens (tertiary/aromatic N) is 3. The van der Waals surface area contributed by atoms with E-state index in [1.165, 1.54) is 0 Å². The standard InChI is InChI=1S/C24H24ClN3O/c25-22-9-7-19(8-10-22)18-1-3-20(4-2-18)23-26-12-14-27(23)15-17-11-13-28(16-17)24(29)21-5-6-21/h1-4,7-10,12,14,17,21H,5-6,11,13,15-16H2. The molecule has 2 aliphatic rings. The molecule has 1 aliphatic carbocycles. The Morgan fingerprint density at radius 3 is 2.31 bits per heavy atom. The normalized spacial score (nSPS) is 18.9. The smallest absolute Gasteiger partial charge is 0.225 e. The summed E-state index contributed by atoms with van der Waals surface area (Å²) in [7, 11) is 0. The van der Waals surface area contributed by atoms with E-state index in [9.17, 15) is 4.79 Å². The van der Waals surface area contributed by atoms with E-state index >= 15 is 0 Å². The number of benzene rings is 2. The molecule has 0 spiro atoms. The van der Waals surface area contributed by atoms with Gasteiger partial charge in [-0.2, -0.15) is 0 Å². The lowest BCUT2D eigenvalue weighted by molar-refractivity contribution is -0.131. The number of hydrogen-bond acceptors (Lipinski definition) is 2. The predicted octanol–water partition coefficient (Wildman–Crippen LogP) is 5.13. The number of imidazole rings is 1. The van der Waals surface area contributed by atoms with Crippen LogP contribution in [0.4, 0.5) is 0 Å². The second kappa shape index (κ2) is 7.68. The van der Waals surface area contributed by atoms with Crippen LogP contribution < -0.4 is 0 Å². The van der Waals surface area contributed by atoms with E-state index in [0.717, 1.165) is 66.4 Å². The second-order valence-electron chi connectivity index (χ2n) is 8.20. The largest absolute Gasteiger partial charge is 0.342 e.